The number of aryl methyl sites for hydroxylation is 1. The fourth-order valence-corrected chi connectivity index (χ4v) is 4.07. The van der Waals surface area contributed by atoms with Crippen molar-refractivity contribution in [2.75, 3.05) is 6.54 Å². The average molecular weight is 300 g/mol. The zero-order valence-electron chi connectivity index (χ0n) is 13.5. The monoisotopic (exact) mass is 300 g/mol. The Balaban J connectivity index is 1.76. The van der Waals surface area contributed by atoms with Gasteiger partial charge in [0.25, 0.3) is 0 Å². The van der Waals surface area contributed by atoms with Crippen LogP contribution in [-0.4, -0.2) is 17.1 Å². The van der Waals surface area contributed by atoms with E-state index in [0.717, 1.165) is 19.4 Å². The van der Waals surface area contributed by atoms with Gasteiger partial charge in [-0.15, -0.1) is 0 Å². The molecule has 1 aliphatic heterocycles. The van der Waals surface area contributed by atoms with E-state index in [9.17, 15) is 4.39 Å². The molecule has 118 valence electrons. The number of benzene rings is 1. The highest BCUT2D eigenvalue weighted by atomic mass is 19.1. The number of rotatable bonds is 3. The number of nitrogens with two attached hydrogens (primary N) is 1. The topological polar surface area (TPSA) is 29.3 Å². The van der Waals surface area contributed by atoms with E-state index in [2.05, 4.69) is 23.1 Å². The molecule has 2 nitrogen and oxygen atoms in total. The summed E-state index contributed by atoms with van der Waals surface area (Å²) in [6, 6.07) is 4.64. The summed E-state index contributed by atoms with van der Waals surface area (Å²) in [6.07, 6.45) is 6.91. The van der Waals surface area contributed by atoms with Crippen LogP contribution in [-0.2, 0) is 13.0 Å². The maximum absolute atomic E-state index is 14.3. The quantitative estimate of drug-likeness (QED) is 0.916. The molecular formula is C19H25FN2. The largest absolute Gasteiger partial charge is 0.367 e. The summed E-state index contributed by atoms with van der Waals surface area (Å²) in [4.78, 5) is 2.27. The molecule has 0 bridgehead atoms. The van der Waals surface area contributed by atoms with Crippen LogP contribution in [0.3, 0.4) is 0 Å². The lowest BCUT2D eigenvalue weighted by Crippen LogP contribution is -2.37. The van der Waals surface area contributed by atoms with E-state index >= 15 is 0 Å². The van der Waals surface area contributed by atoms with Gasteiger partial charge in [0.15, 0.2) is 0 Å². The van der Waals surface area contributed by atoms with Crippen LogP contribution in [0, 0.1) is 5.92 Å². The summed E-state index contributed by atoms with van der Waals surface area (Å²) >= 11 is 0. The lowest BCUT2D eigenvalue weighted by molar-refractivity contribution is 0.139. The van der Waals surface area contributed by atoms with Crippen LogP contribution < -0.4 is 5.73 Å². The molecule has 0 radical (unpaired) electrons. The van der Waals surface area contributed by atoms with Crippen LogP contribution in [0.2, 0.25) is 0 Å². The Morgan fingerprint density at radius 1 is 1.27 bits per heavy atom. The number of alkyl halides is 1. The third-order valence-corrected chi connectivity index (χ3v) is 5.16. The second-order valence-corrected chi connectivity index (χ2v) is 7.77. The van der Waals surface area contributed by atoms with Crippen LogP contribution in [0.4, 0.5) is 4.39 Å². The molecule has 22 heavy (non-hydrogen) atoms. The molecule has 0 saturated heterocycles. The molecule has 0 spiro atoms. The number of hydrogen-bond donors (Lipinski definition) is 1. The van der Waals surface area contributed by atoms with Gasteiger partial charge in [-0.3, -0.25) is 0 Å². The van der Waals surface area contributed by atoms with Crippen LogP contribution in [0.25, 0.3) is 6.08 Å². The van der Waals surface area contributed by atoms with Crippen LogP contribution in [0.15, 0.2) is 17.8 Å². The normalized spacial score (nSPS) is 24.1. The summed E-state index contributed by atoms with van der Waals surface area (Å²) in [5.41, 5.74) is 11.9. The van der Waals surface area contributed by atoms with E-state index in [4.69, 9.17) is 5.73 Å². The number of halogens is 1. The van der Waals surface area contributed by atoms with Crippen molar-refractivity contribution in [1.29, 1.82) is 0 Å². The zero-order valence-corrected chi connectivity index (χ0v) is 13.5. The molecule has 0 aromatic heterocycles. The number of fused-ring (bicyclic) bond motifs is 3. The second-order valence-electron chi connectivity index (χ2n) is 7.77. The first-order chi connectivity index (χ1) is 10.4. The summed E-state index contributed by atoms with van der Waals surface area (Å²) in [7, 11) is 0. The Bertz CT molecular complexity index is 638. The van der Waals surface area contributed by atoms with Gasteiger partial charge in [-0.05, 0) is 73.8 Å². The van der Waals surface area contributed by atoms with Crippen molar-refractivity contribution in [3.05, 3.63) is 40.1 Å². The Morgan fingerprint density at radius 2 is 2.05 bits per heavy atom. The molecule has 0 amide bonds. The Morgan fingerprint density at radius 3 is 2.73 bits per heavy atom. The lowest BCUT2D eigenvalue weighted by atomic mass is 9.91. The molecular weight excluding hydrogens is 275 g/mol. The SMILES string of the molecule is CC(C)(F)CN1Cc2c(ccc3c2C(N)CC3)C=C1C1CC1. The Hall–Kier alpha value is -1.35. The maximum atomic E-state index is 14.3. The summed E-state index contributed by atoms with van der Waals surface area (Å²) in [5, 5.41) is 0. The molecule has 3 aliphatic rings. The van der Waals surface area contributed by atoms with Gasteiger partial charge in [0, 0.05) is 18.3 Å². The highest BCUT2D eigenvalue weighted by molar-refractivity contribution is 5.64. The van der Waals surface area contributed by atoms with E-state index in [-0.39, 0.29) is 6.04 Å². The summed E-state index contributed by atoms with van der Waals surface area (Å²) in [5.74, 6) is 0.637. The first-order valence-corrected chi connectivity index (χ1v) is 8.48. The highest BCUT2D eigenvalue weighted by Gasteiger charge is 2.36. The number of allylic oxidation sites excluding steroid dienone is 1. The van der Waals surface area contributed by atoms with Crippen LogP contribution in [0.1, 0.15) is 61.4 Å². The molecule has 2 aliphatic carbocycles. The van der Waals surface area contributed by atoms with Crippen LogP contribution in [0.5, 0.6) is 0 Å². The highest BCUT2D eigenvalue weighted by Crippen LogP contribution is 2.45. The van der Waals surface area contributed by atoms with Crippen molar-refractivity contribution in [3.63, 3.8) is 0 Å². The van der Waals surface area contributed by atoms with Gasteiger partial charge < -0.3 is 10.6 Å². The first kappa shape index (κ1) is 14.3. The second kappa shape index (κ2) is 4.82. The van der Waals surface area contributed by atoms with Gasteiger partial charge in [0.1, 0.15) is 5.67 Å². The molecule has 1 aromatic rings. The van der Waals surface area contributed by atoms with Gasteiger partial charge >= 0.3 is 0 Å². The maximum Gasteiger partial charge on any atom is 0.122 e. The first-order valence-electron chi connectivity index (χ1n) is 8.48. The molecule has 1 fully saturated rings. The zero-order chi connectivity index (χ0) is 15.5. The molecule has 1 heterocycles. The van der Waals surface area contributed by atoms with Crippen molar-refractivity contribution < 1.29 is 4.39 Å². The van der Waals surface area contributed by atoms with Crippen molar-refractivity contribution in [1.82, 2.24) is 4.90 Å². The van der Waals surface area contributed by atoms with E-state index in [1.54, 1.807) is 13.8 Å². The van der Waals surface area contributed by atoms with Crippen molar-refractivity contribution in [2.45, 2.75) is 57.8 Å². The van der Waals surface area contributed by atoms with E-state index in [1.807, 2.05) is 0 Å². The molecule has 1 saturated carbocycles. The smallest absolute Gasteiger partial charge is 0.122 e. The molecule has 4 rings (SSSR count). The van der Waals surface area contributed by atoms with Gasteiger partial charge in [-0.25, -0.2) is 4.39 Å². The van der Waals surface area contributed by atoms with E-state index in [0.29, 0.717) is 12.5 Å². The predicted octanol–water partition coefficient (Wildman–Crippen LogP) is 3.95. The number of nitrogens with zero attached hydrogens (tertiary/aromatic N) is 1. The van der Waals surface area contributed by atoms with E-state index < -0.39 is 5.67 Å². The van der Waals surface area contributed by atoms with Gasteiger partial charge in [-0.2, -0.15) is 0 Å². The van der Waals surface area contributed by atoms with Crippen LogP contribution >= 0.6 is 0 Å². The fraction of sp³-hybridized carbons (Fsp3) is 0.579. The summed E-state index contributed by atoms with van der Waals surface area (Å²) in [6.45, 7) is 4.64. The molecule has 1 atom stereocenters. The predicted molar refractivity (Wildman–Crippen MR) is 88.0 cm³/mol. The fourth-order valence-electron chi connectivity index (χ4n) is 4.07. The number of hydrogen-bond acceptors (Lipinski definition) is 2. The lowest BCUT2D eigenvalue weighted by Gasteiger charge is -2.36. The molecule has 3 heteroatoms. The summed E-state index contributed by atoms with van der Waals surface area (Å²) < 4.78 is 14.3. The molecule has 1 unspecified atom stereocenters. The molecule has 2 N–H and O–H groups in total. The van der Waals surface area contributed by atoms with Crippen molar-refractivity contribution >= 4 is 6.08 Å². The standard InChI is InChI=1S/C19H25FN2/c1-19(2,20)11-22-10-15-14(9-17(22)12-3-4-12)6-5-13-7-8-16(21)18(13)15/h5-6,9,12,16H,3-4,7-8,10-11,21H2,1-2H3. The third-order valence-electron chi connectivity index (χ3n) is 5.16. The minimum absolute atomic E-state index is 0.154. The Kier molecular flexibility index (Phi) is 3.12. The van der Waals surface area contributed by atoms with Gasteiger partial charge in [0.05, 0.1) is 6.54 Å². The van der Waals surface area contributed by atoms with Gasteiger partial charge in [0.2, 0.25) is 0 Å². The minimum atomic E-state index is -1.18. The van der Waals surface area contributed by atoms with Gasteiger partial charge in [-0.1, -0.05) is 12.1 Å². The average Bonchev–Trinajstić information content (AvgIpc) is 3.20. The Labute approximate surface area is 132 Å². The van der Waals surface area contributed by atoms with Crippen molar-refractivity contribution in [2.24, 2.45) is 11.7 Å². The van der Waals surface area contributed by atoms with Crippen molar-refractivity contribution in [3.8, 4) is 0 Å². The van der Waals surface area contributed by atoms with E-state index in [1.165, 1.54) is 40.8 Å². The molecule has 1 aromatic carbocycles. The minimum Gasteiger partial charge on any atom is -0.367 e. The third kappa shape index (κ3) is 2.45.